The second-order valence-electron chi connectivity index (χ2n) is 5.56. The van der Waals surface area contributed by atoms with E-state index in [0.717, 1.165) is 31.7 Å². The van der Waals surface area contributed by atoms with Crippen LogP contribution in [-0.4, -0.2) is 46.0 Å². The summed E-state index contributed by atoms with van der Waals surface area (Å²) in [7, 11) is 3.53. The predicted octanol–water partition coefficient (Wildman–Crippen LogP) is 0.954. The van der Waals surface area contributed by atoms with E-state index in [-0.39, 0.29) is 5.91 Å². The second kappa shape index (κ2) is 6.13. The third kappa shape index (κ3) is 2.93. The number of hydrogen-bond acceptors (Lipinski definition) is 5. The first kappa shape index (κ1) is 14.5. The zero-order chi connectivity index (χ0) is 15.5. The molecule has 0 bridgehead atoms. The number of anilines is 1. The van der Waals surface area contributed by atoms with Gasteiger partial charge in [0.05, 0.1) is 6.20 Å². The van der Waals surface area contributed by atoms with Crippen molar-refractivity contribution < 1.29 is 4.79 Å². The van der Waals surface area contributed by atoms with Gasteiger partial charge in [-0.2, -0.15) is 5.10 Å². The molecule has 0 saturated carbocycles. The van der Waals surface area contributed by atoms with Crippen molar-refractivity contribution in [2.75, 3.05) is 25.0 Å². The Kier molecular flexibility index (Phi) is 4.04. The van der Waals surface area contributed by atoms with Crippen LogP contribution in [-0.2, 0) is 7.05 Å². The molecule has 3 rings (SSSR count). The van der Waals surface area contributed by atoms with E-state index < -0.39 is 0 Å². The summed E-state index contributed by atoms with van der Waals surface area (Å²) in [6.07, 6.45) is 6.20. The summed E-state index contributed by atoms with van der Waals surface area (Å²) in [4.78, 5) is 13.7. The van der Waals surface area contributed by atoms with Crippen LogP contribution in [0.15, 0.2) is 24.5 Å². The van der Waals surface area contributed by atoms with Crippen molar-refractivity contribution in [1.82, 2.24) is 25.3 Å². The summed E-state index contributed by atoms with van der Waals surface area (Å²) in [5.74, 6) is 1.18. The predicted molar refractivity (Wildman–Crippen MR) is 82.8 cm³/mol. The van der Waals surface area contributed by atoms with Crippen LogP contribution >= 0.6 is 0 Å². The van der Waals surface area contributed by atoms with Gasteiger partial charge in [-0.25, -0.2) is 0 Å². The number of carbonyl (C=O) groups excluding carboxylic acids is 1. The Hall–Kier alpha value is -2.44. The summed E-state index contributed by atoms with van der Waals surface area (Å²) in [5.41, 5.74) is 1.65. The van der Waals surface area contributed by atoms with Gasteiger partial charge in [-0.3, -0.25) is 9.48 Å². The molecule has 22 heavy (non-hydrogen) atoms. The molecule has 7 heteroatoms. The smallest absolute Gasteiger partial charge is 0.271 e. The summed E-state index contributed by atoms with van der Waals surface area (Å²) in [5, 5.41) is 14.9. The van der Waals surface area contributed by atoms with Crippen molar-refractivity contribution in [1.29, 1.82) is 0 Å². The van der Waals surface area contributed by atoms with Crippen molar-refractivity contribution in [3.8, 4) is 0 Å². The molecule has 1 aliphatic rings. The lowest BCUT2D eigenvalue weighted by Crippen LogP contribution is -2.33. The third-order valence-electron chi connectivity index (χ3n) is 4.13. The highest BCUT2D eigenvalue weighted by atomic mass is 16.1. The minimum atomic E-state index is -0.214. The topological polar surface area (TPSA) is 75.9 Å². The third-order valence-corrected chi connectivity index (χ3v) is 4.13. The number of hydrogen-bond donors (Lipinski definition) is 1. The summed E-state index contributed by atoms with van der Waals surface area (Å²) < 4.78 is 1.85. The normalized spacial score (nSPS) is 15.8. The number of piperidine rings is 1. The average molecular weight is 300 g/mol. The fourth-order valence-corrected chi connectivity index (χ4v) is 2.84. The molecular formula is C15H20N6O. The summed E-state index contributed by atoms with van der Waals surface area (Å²) in [6.45, 7) is 1.88. The van der Waals surface area contributed by atoms with Crippen LogP contribution in [0.25, 0.3) is 0 Å². The number of nitrogens with zero attached hydrogens (tertiary/aromatic N) is 5. The first-order valence-corrected chi connectivity index (χ1v) is 7.46. The van der Waals surface area contributed by atoms with E-state index >= 15 is 0 Å². The maximum absolute atomic E-state index is 11.5. The largest absolute Gasteiger partial charge is 0.355 e. The van der Waals surface area contributed by atoms with Gasteiger partial charge in [-0.05, 0) is 36.5 Å². The molecule has 1 aliphatic heterocycles. The Balaban J connectivity index is 1.62. The number of amides is 1. The Bertz CT molecular complexity index is 642. The zero-order valence-electron chi connectivity index (χ0n) is 12.9. The molecule has 116 valence electrons. The minimum absolute atomic E-state index is 0.214. The van der Waals surface area contributed by atoms with Crippen LogP contribution in [0.4, 0.5) is 5.82 Å². The highest BCUT2D eigenvalue weighted by Gasteiger charge is 2.22. The molecular weight excluding hydrogens is 280 g/mol. The monoisotopic (exact) mass is 300 g/mol. The van der Waals surface area contributed by atoms with Crippen LogP contribution in [0.2, 0.25) is 0 Å². The van der Waals surface area contributed by atoms with Crippen LogP contribution in [0.3, 0.4) is 0 Å². The molecule has 2 aromatic heterocycles. The van der Waals surface area contributed by atoms with Gasteiger partial charge in [0.2, 0.25) is 0 Å². The summed E-state index contributed by atoms with van der Waals surface area (Å²) in [6, 6.07) is 3.58. The maximum atomic E-state index is 11.5. The van der Waals surface area contributed by atoms with Crippen molar-refractivity contribution >= 4 is 11.7 Å². The Morgan fingerprint density at radius 3 is 2.59 bits per heavy atom. The van der Waals surface area contributed by atoms with Gasteiger partial charge >= 0.3 is 0 Å². The lowest BCUT2D eigenvalue weighted by atomic mass is 9.91. The molecule has 0 radical (unpaired) electrons. The van der Waals surface area contributed by atoms with Gasteiger partial charge in [-0.15, -0.1) is 10.2 Å². The second-order valence-corrected chi connectivity index (χ2v) is 5.56. The fraction of sp³-hybridized carbons (Fsp3) is 0.467. The number of carbonyl (C=O) groups is 1. The Labute approximate surface area is 129 Å². The quantitative estimate of drug-likeness (QED) is 0.913. The number of aryl methyl sites for hydroxylation is 1. The molecule has 1 saturated heterocycles. The van der Waals surface area contributed by atoms with Crippen molar-refractivity contribution in [2.24, 2.45) is 7.05 Å². The first-order valence-electron chi connectivity index (χ1n) is 7.46. The molecule has 1 amide bonds. The standard InChI is InChI=1S/C15H20N6O/c1-16-15(22)13-3-4-14(19-18-13)21-7-5-11(6-8-21)12-9-17-20(2)10-12/h3-4,9-11H,5-8H2,1-2H3,(H,16,22). The van der Waals surface area contributed by atoms with Crippen LogP contribution in [0.5, 0.6) is 0 Å². The molecule has 1 N–H and O–H groups in total. The average Bonchev–Trinajstić information content (AvgIpc) is 3.01. The molecule has 0 aliphatic carbocycles. The van der Waals surface area contributed by atoms with Crippen molar-refractivity contribution in [3.05, 3.63) is 35.8 Å². The van der Waals surface area contributed by atoms with Gasteiger partial charge in [0, 0.05) is 33.4 Å². The van der Waals surface area contributed by atoms with E-state index in [9.17, 15) is 4.79 Å². The molecule has 7 nitrogen and oxygen atoms in total. The zero-order valence-corrected chi connectivity index (χ0v) is 12.9. The van der Waals surface area contributed by atoms with Crippen LogP contribution in [0.1, 0.15) is 34.8 Å². The van der Waals surface area contributed by atoms with Crippen LogP contribution < -0.4 is 10.2 Å². The van der Waals surface area contributed by atoms with Gasteiger partial charge in [-0.1, -0.05) is 0 Å². The van der Waals surface area contributed by atoms with E-state index in [1.165, 1.54) is 5.56 Å². The van der Waals surface area contributed by atoms with E-state index in [1.807, 2.05) is 24.0 Å². The maximum Gasteiger partial charge on any atom is 0.271 e. The SMILES string of the molecule is CNC(=O)c1ccc(N2CCC(c3cnn(C)c3)CC2)nn1. The van der Waals surface area contributed by atoms with E-state index in [0.29, 0.717) is 11.6 Å². The Morgan fingerprint density at radius 2 is 2.05 bits per heavy atom. The molecule has 2 aromatic rings. The highest BCUT2D eigenvalue weighted by molar-refractivity contribution is 5.91. The van der Waals surface area contributed by atoms with Gasteiger partial charge in [0.25, 0.3) is 5.91 Å². The number of aromatic nitrogens is 4. The van der Waals surface area contributed by atoms with Gasteiger partial charge < -0.3 is 10.2 Å². The number of nitrogens with one attached hydrogen (secondary N) is 1. The molecule has 0 aromatic carbocycles. The molecule has 0 unspecified atom stereocenters. The molecule has 0 atom stereocenters. The van der Waals surface area contributed by atoms with Gasteiger partial charge in [0.15, 0.2) is 11.5 Å². The van der Waals surface area contributed by atoms with Gasteiger partial charge in [0.1, 0.15) is 0 Å². The Morgan fingerprint density at radius 1 is 1.27 bits per heavy atom. The highest BCUT2D eigenvalue weighted by Crippen LogP contribution is 2.29. The van der Waals surface area contributed by atoms with Crippen LogP contribution in [0, 0.1) is 0 Å². The van der Waals surface area contributed by atoms with Crippen molar-refractivity contribution in [2.45, 2.75) is 18.8 Å². The van der Waals surface area contributed by atoms with E-state index in [2.05, 4.69) is 31.7 Å². The molecule has 3 heterocycles. The lowest BCUT2D eigenvalue weighted by Gasteiger charge is -2.32. The minimum Gasteiger partial charge on any atom is -0.355 e. The summed E-state index contributed by atoms with van der Waals surface area (Å²) >= 11 is 0. The molecule has 0 spiro atoms. The van der Waals surface area contributed by atoms with E-state index in [1.54, 1.807) is 13.1 Å². The van der Waals surface area contributed by atoms with Crippen molar-refractivity contribution in [3.63, 3.8) is 0 Å². The molecule has 1 fully saturated rings. The van der Waals surface area contributed by atoms with E-state index in [4.69, 9.17) is 0 Å². The first-order chi connectivity index (χ1) is 10.7. The number of rotatable bonds is 3. The fourth-order valence-electron chi connectivity index (χ4n) is 2.84. The lowest BCUT2D eigenvalue weighted by molar-refractivity contribution is 0.0957.